The highest BCUT2D eigenvalue weighted by atomic mass is 32.2. The van der Waals surface area contributed by atoms with Gasteiger partial charge < -0.3 is 9.84 Å². The van der Waals surface area contributed by atoms with Crippen molar-refractivity contribution in [2.45, 2.75) is 5.03 Å². The number of pyridine rings is 1. The lowest BCUT2D eigenvalue weighted by Gasteiger charge is -1.99. The average Bonchev–Trinajstić information content (AvgIpc) is 2.15. The first-order valence-electron chi connectivity index (χ1n) is 3.55. The number of hydrogen-bond acceptors (Lipinski definition) is 4. The summed E-state index contributed by atoms with van der Waals surface area (Å²) in [7, 11) is 1.58. The summed E-state index contributed by atoms with van der Waals surface area (Å²) in [6, 6.07) is 2.98. The van der Waals surface area contributed by atoms with E-state index in [4.69, 9.17) is 9.84 Å². The largest absolute Gasteiger partial charge is 0.478 e. The van der Waals surface area contributed by atoms with Crippen LogP contribution in [0.2, 0.25) is 0 Å². The van der Waals surface area contributed by atoms with E-state index in [1.54, 1.807) is 7.11 Å². The summed E-state index contributed by atoms with van der Waals surface area (Å²) in [5.41, 5.74) is 0.244. The minimum absolute atomic E-state index is 0.244. The Balaban J connectivity index is 2.73. The third-order valence-corrected chi connectivity index (χ3v) is 2.18. The van der Waals surface area contributed by atoms with Gasteiger partial charge in [-0.2, -0.15) is 0 Å². The molecule has 1 rings (SSSR count). The van der Waals surface area contributed by atoms with Crippen molar-refractivity contribution in [2.24, 2.45) is 0 Å². The van der Waals surface area contributed by atoms with Crippen molar-refractivity contribution in [3.63, 3.8) is 0 Å². The summed E-state index contributed by atoms with van der Waals surface area (Å²) in [5.74, 6) is -0.475. The van der Waals surface area contributed by atoms with Gasteiger partial charge in [-0.1, -0.05) is 11.8 Å². The first-order valence-corrected chi connectivity index (χ1v) is 4.53. The lowest BCUT2D eigenvalue weighted by molar-refractivity contribution is 0.0696. The van der Waals surface area contributed by atoms with Gasteiger partial charge in [-0.3, -0.25) is 0 Å². The molecule has 0 aliphatic carbocycles. The molecule has 0 atom stereocenters. The molecular weight excluding hydrogens is 190 g/mol. The van der Waals surface area contributed by atoms with E-state index in [2.05, 4.69) is 4.98 Å². The molecular formula is C8H9NO3S. The van der Waals surface area contributed by atoms with Gasteiger partial charge in [-0.15, -0.1) is 0 Å². The van der Waals surface area contributed by atoms with Crippen LogP contribution >= 0.6 is 11.8 Å². The number of nitrogens with zero attached hydrogens (tertiary/aromatic N) is 1. The second-order valence-electron chi connectivity index (χ2n) is 2.24. The van der Waals surface area contributed by atoms with E-state index in [9.17, 15) is 4.79 Å². The number of methoxy groups -OCH3 is 1. The van der Waals surface area contributed by atoms with Crippen LogP contribution in [0.5, 0.6) is 0 Å². The molecule has 0 radical (unpaired) electrons. The van der Waals surface area contributed by atoms with E-state index < -0.39 is 5.97 Å². The second-order valence-corrected chi connectivity index (χ2v) is 3.18. The van der Waals surface area contributed by atoms with Gasteiger partial charge in [0, 0.05) is 13.3 Å². The van der Waals surface area contributed by atoms with E-state index >= 15 is 0 Å². The van der Waals surface area contributed by atoms with Crippen LogP contribution in [0.3, 0.4) is 0 Å². The smallest absolute Gasteiger partial charge is 0.335 e. The highest BCUT2D eigenvalue weighted by Crippen LogP contribution is 2.15. The number of thioether (sulfide) groups is 1. The van der Waals surface area contributed by atoms with Crippen molar-refractivity contribution in [3.05, 3.63) is 23.9 Å². The van der Waals surface area contributed by atoms with Crippen LogP contribution in [0, 0.1) is 0 Å². The molecule has 5 heteroatoms. The molecule has 1 aromatic heterocycles. The molecule has 0 aliphatic heterocycles. The summed E-state index contributed by atoms with van der Waals surface area (Å²) in [5, 5.41) is 9.32. The number of rotatable bonds is 4. The van der Waals surface area contributed by atoms with Crippen LogP contribution in [0.25, 0.3) is 0 Å². The molecule has 0 saturated carbocycles. The molecule has 1 heterocycles. The maximum Gasteiger partial charge on any atom is 0.335 e. The maximum atomic E-state index is 10.6. The van der Waals surface area contributed by atoms with Gasteiger partial charge in [-0.25, -0.2) is 9.78 Å². The third kappa shape index (κ3) is 3.04. The zero-order valence-electron chi connectivity index (χ0n) is 7.06. The van der Waals surface area contributed by atoms with Gasteiger partial charge in [-0.05, 0) is 12.1 Å². The molecule has 0 aromatic carbocycles. The summed E-state index contributed by atoms with van der Waals surface area (Å²) in [6.45, 7) is 0. The molecule has 0 aliphatic rings. The predicted molar refractivity (Wildman–Crippen MR) is 48.9 cm³/mol. The van der Waals surface area contributed by atoms with Crippen molar-refractivity contribution in [1.29, 1.82) is 0 Å². The normalized spacial score (nSPS) is 9.92. The van der Waals surface area contributed by atoms with E-state index in [1.807, 2.05) is 0 Å². The van der Waals surface area contributed by atoms with Crippen LogP contribution in [0.1, 0.15) is 10.4 Å². The standard InChI is InChI=1S/C8H9NO3S/c1-12-5-13-7-4-6(8(10)11)2-3-9-7/h2-4H,5H2,1H3,(H,10,11). The first kappa shape index (κ1) is 10.0. The van der Waals surface area contributed by atoms with Gasteiger partial charge in [0.1, 0.15) is 0 Å². The molecule has 0 saturated heterocycles. The molecule has 13 heavy (non-hydrogen) atoms. The fraction of sp³-hybridized carbons (Fsp3) is 0.250. The Morgan fingerprint density at radius 3 is 3.15 bits per heavy atom. The molecule has 0 fully saturated rings. The van der Waals surface area contributed by atoms with Crippen LogP contribution in [0.15, 0.2) is 23.4 Å². The second kappa shape index (κ2) is 4.84. The fourth-order valence-corrected chi connectivity index (χ4v) is 1.32. The molecule has 4 nitrogen and oxygen atoms in total. The van der Waals surface area contributed by atoms with Gasteiger partial charge in [0.25, 0.3) is 0 Å². The van der Waals surface area contributed by atoms with Crippen molar-refractivity contribution < 1.29 is 14.6 Å². The SMILES string of the molecule is COCSc1cc(C(=O)O)ccn1. The number of aromatic carboxylic acids is 1. The first-order chi connectivity index (χ1) is 6.24. The van der Waals surface area contributed by atoms with Gasteiger partial charge in [0.05, 0.1) is 16.5 Å². The maximum absolute atomic E-state index is 10.6. The Kier molecular flexibility index (Phi) is 3.72. The van der Waals surface area contributed by atoms with Crippen molar-refractivity contribution in [3.8, 4) is 0 Å². The summed E-state index contributed by atoms with van der Waals surface area (Å²) in [6.07, 6.45) is 1.47. The molecule has 1 N–H and O–H groups in total. The van der Waals surface area contributed by atoms with Crippen LogP contribution < -0.4 is 0 Å². The number of carboxylic acid groups (broad SMARTS) is 1. The minimum Gasteiger partial charge on any atom is -0.478 e. The van der Waals surface area contributed by atoms with Gasteiger partial charge >= 0.3 is 5.97 Å². The molecule has 70 valence electrons. The molecule has 0 spiro atoms. The summed E-state index contributed by atoms with van der Waals surface area (Å²) in [4.78, 5) is 14.5. The molecule has 0 unspecified atom stereocenters. The van der Waals surface area contributed by atoms with Gasteiger partial charge in [0.15, 0.2) is 0 Å². The molecule has 0 bridgehead atoms. The van der Waals surface area contributed by atoms with Crippen LogP contribution in [0.4, 0.5) is 0 Å². The fourth-order valence-electron chi connectivity index (χ4n) is 0.741. The molecule has 1 aromatic rings. The lowest BCUT2D eigenvalue weighted by Crippen LogP contribution is -1.97. The topological polar surface area (TPSA) is 59.4 Å². The van der Waals surface area contributed by atoms with Crippen LogP contribution in [-0.2, 0) is 4.74 Å². The minimum atomic E-state index is -0.943. The summed E-state index contributed by atoms with van der Waals surface area (Å²) >= 11 is 1.36. The van der Waals surface area contributed by atoms with E-state index in [1.165, 1.54) is 30.1 Å². The van der Waals surface area contributed by atoms with Crippen molar-refractivity contribution >= 4 is 17.7 Å². The Bertz CT molecular complexity index is 303. The highest BCUT2D eigenvalue weighted by molar-refractivity contribution is 7.99. The lowest BCUT2D eigenvalue weighted by atomic mass is 10.3. The number of carbonyl (C=O) groups is 1. The molecule has 0 amide bonds. The summed E-state index contributed by atoms with van der Waals surface area (Å²) < 4.78 is 4.82. The zero-order valence-corrected chi connectivity index (χ0v) is 7.87. The number of ether oxygens (including phenoxy) is 1. The van der Waals surface area contributed by atoms with Crippen LogP contribution in [-0.4, -0.2) is 29.1 Å². The Morgan fingerprint density at radius 2 is 2.54 bits per heavy atom. The van der Waals surface area contributed by atoms with E-state index in [0.29, 0.717) is 11.0 Å². The number of aromatic nitrogens is 1. The Hall–Kier alpha value is -1.07. The average molecular weight is 199 g/mol. The third-order valence-electron chi connectivity index (χ3n) is 1.31. The Labute approximate surface area is 79.9 Å². The zero-order chi connectivity index (χ0) is 9.68. The van der Waals surface area contributed by atoms with E-state index in [-0.39, 0.29) is 5.56 Å². The number of carboxylic acids is 1. The van der Waals surface area contributed by atoms with Crippen molar-refractivity contribution in [2.75, 3.05) is 13.0 Å². The Morgan fingerprint density at radius 1 is 1.77 bits per heavy atom. The predicted octanol–water partition coefficient (Wildman–Crippen LogP) is 1.48. The quantitative estimate of drug-likeness (QED) is 0.588. The monoisotopic (exact) mass is 199 g/mol. The highest BCUT2D eigenvalue weighted by Gasteiger charge is 2.03. The van der Waals surface area contributed by atoms with Gasteiger partial charge in [0.2, 0.25) is 0 Å². The van der Waals surface area contributed by atoms with E-state index in [0.717, 1.165) is 0 Å². The van der Waals surface area contributed by atoms with Crippen molar-refractivity contribution in [1.82, 2.24) is 4.98 Å². The number of hydrogen-bond donors (Lipinski definition) is 1.